The lowest BCUT2D eigenvalue weighted by molar-refractivity contribution is -0.122. The molecule has 1 amide bonds. The molecule has 4 atom stereocenters. The van der Waals surface area contributed by atoms with E-state index in [0.717, 1.165) is 25.9 Å². The van der Waals surface area contributed by atoms with Gasteiger partial charge in [0.15, 0.2) is 0 Å². The van der Waals surface area contributed by atoms with E-state index in [2.05, 4.69) is 54.5 Å². The number of hydrogen-bond donors (Lipinski definition) is 1. The molecule has 1 saturated heterocycles. The maximum atomic E-state index is 12.5. The summed E-state index contributed by atoms with van der Waals surface area (Å²) >= 11 is 0. The second-order valence-corrected chi connectivity index (χ2v) is 10.1. The molecule has 3 unspecified atom stereocenters. The molecule has 1 N–H and O–H groups in total. The molecule has 0 aromatic heterocycles. The summed E-state index contributed by atoms with van der Waals surface area (Å²) in [6.07, 6.45) is 10.8. The Kier molecular flexibility index (Phi) is 5.33. The Balaban J connectivity index is 1.39. The van der Waals surface area contributed by atoms with E-state index in [1.165, 1.54) is 38.5 Å². The second-order valence-electron chi connectivity index (χ2n) is 10.1. The third-order valence-electron chi connectivity index (χ3n) is 7.58. The molecule has 1 heterocycles. The fourth-order valence-corrected chi connectivity index (χ4v) is 6.57. The Morgan fingerprint density at radius 1 is 1.22 bits per heavy atom. The van der Waals surface area contributed by atoms with Gasteiger partial charge in [-0.05, 0) is 80.8 Å². The third-order valence-corrected chi connectivity index (χ3v) is 7.58. The smallest absolute Gasteiger partial charge is 0.220 e. The first-order chi connectivity index (χ1) is 13.0. The van der Waals surface area contributed by atoms with Crippen molar-refractivity contribution in [2.45, 2.75) is 76.2 Å². The van der Waals surface area contributed by atoms with Gasteiger partial charge in [-0.3, -0.25) is 4.79 Å². The van der Waals surface area contributed by atoms with Crippen LogP contribution >= 0.6 is 0 Å². The first kappa shape index (κ1) is 19.0. The average Bonchev–Trinajstić information content (AvgIpc) is 3.04. The SMILES string of the molecule is CN1CC[C@@H](NC(=O)CCC2CC3(C)CCCC(c4ccccc4)(C2)C3)C1. The summed E-state index contributed by atoms with van der Waals surface area (Å²) in [7, 11) is 2.14. The van der Waals surface area contributed by atoms with Gasteiger partial charge in [-0.15, -0.1) is 0 Å². The lowest BCUT2D eigenvalue weighted by Gasteiger charge is -2.54. The number of nitrogens with one attached hydrogen (secondary N) is 1. The summed E-state index contributed by atoms with van der Waals surface area (Å²) in [4.78, 5) is 14.8. The zero-order chi connectivity index (χ0) is 18.9. The molecule has 4 rings (SSSR count). The second kappa shape index (κ2) is 7.58. The first-order valence-electron chi connectivity index (χ1n) is 11.0. The van der Waals surface area contributed by atoms with E-state index in [1.54, 1.807) is 5.56 Å². The molecule has 1 aromatic rings. The van der Waals surface area contributed by atoms with Crippen LogP contribution in [0.15, 0.2) is 30.3 Å². The van der Waals surface area contributed by atoms with Crippen LogP contribution < -0.4 is 5.32 Å². The molecule has 0 spiro atoms. The topological polar surface area (TPSA) is 32.3 Å². The molecule has 3 aliphatic rings. The van der Waals surface area contributed by atoms with Gasteiger partial charge in [-0.1, -0.05) is 43.7 Å². The standard InChI is InChI=1S/C24H36N2O/c1-23-12-6-13-24(18-23,20-7-4-3-5-8-20)16-19(15-23)9-10-22(27)25-21-11-14-26(2)17-21/h3-5,7-8,19,21H,6,9-18H2,1-2H3,(H,25,27)/t19?,21-,23?,24?/m1/s1. The fraction of sp³-hybridized carbons (Fsp3) is 0.708. The molecular weight excluding hydrogens is 332 g/mol. The van der Waals surface area contributed by atoms with Crippen LogP contribution in [0.1, 0.15) is 70.3 Å². The van der Waals surface area contributed by atoms with Crippen LogP contribution in [0.5, 0.6) is 0 Å². The number of carbonyl (C=O) groups excluding carboxylic acids is 1. The van der Waals surface area contributed by atoms with E-state index >= 15 is 0 Å². The lowest BCUT2D eigenvalue weighted by Crippen LogP contribution is -2.45. The molecule has 3 fully saturated rings. The van der Waals surface area contributed by atoms with Crippen molar-refractivity contribution < 1.29 is 4.79 Å². The van der Waals surface area contributed by atoms with E-state index in [1.807, 2.05) is 0 Å². The molecule has 0 radical (unpaired) electrons. The van der Waals surface area contributed by atoms with Crippen LogP contribution in [0, 0.1) is 11.3 Å². The van der Waals surface area contributed by atoms with Crippen molar-refractivity contribution in [3.63, 3.8) is 0 Å². The van der Waals surface area contributed by atoms with E-state index < -0.39 is 0 Å². The molecule has 2 aliphatic carbocycles. The average molecular weight is 369 g/mol. The monoisotopic (exact) mass is 368 g/mol. The van der Waals surface area contributed by atoms with E-state index in [0.29, 0.717) is 29.2 Å². The minimum absolute atomic E-state index is 0.268. The van der Waals surface area contributed by atoms with Gasteiger partial charge in [-0.25, -0.2) is 0 Å². The van der Waals surface area contributed by atoms with Crippen LogP contribution in [-0.4, -0.2) is 37.0 Å². The Hall–Kier alpha value is -1.35. The van der Waals surface area contributed by atoms with Crippen molar-refractivity contribution >= 4 is 5.91 Å². The molecule has 3 nitrogen and oxygen atoms in total. The summed E-state index contributed by atoms with van der Waals surface area (Å²) in [6.45, 7) is 4.61. The minimum atomic E-state index is 0.268. The van der Waals surface area contributed by atoms with Gasteiger partial charge >= 0.3 is 0 Å². The predicted molar refractivity (Wildman–Crippen MR) is 111 cm³/mol. The van der Waals surface area contributed by atoms with Crippen LogP contribution in [0.25, 0.3) is 0 Å². The molecule has 27 heavy (non-hydrogen) atoms. The van der Waals surface area contributed by atoms with Gasteiger partial charge in [0.2, 0.25) is 5.91 Å². The number of likely N-dealkylation sites (N-methyl/N-ethyl adjacent to an activating group) is 1. The number of rotatable bonds is 5. The van der Waals surface area contributed by atoms with Gasteiger partial charge in [0, 0.05) is 19.0 Å². The van der Waals surface area contributed by atoms with Crippen molar-refractivity contribution in [2.75, 3.05) is 20.1 Å². The summed E-state index contributed by atoms with van der Waals surface area (Å²) in [5, 5.41) is 3.27. The molecule has 1 aliphatic heterocycles. The van der Waals surface area contributed by atoms with Crippen LogP contribution in [0.4, 0.5) is 0 Å². The Bertz CT molecular complexity index is 660. The number of amides is 1. The van der Waals surface area contributed by atoms with Gasteiger partial charge in [0.1, 0.15) is 0 Å². The van der Waals surface area contributed by atoms with E-state index in [9.17, 15) is 4.79 Å². The first-order valence-corrected chi connectivity index (χ1v) is 11.0. The van der Waals surface area contributed by atoms with Crippen molar-refractivity contribution in [3.8, 4) is 0 Å². The molecule has 2 bridgehead atoms. The lowest BCUT2D eigenvalue weighted by atomic mass is 9.50. The summed E-state index contributed by atoms with van der Waals surface area (Å²) < 4.78 is 0. The van der Waals surface area contributed by atoms with Gasteiger partial charge < -0.3 is 10.2 Å². The third kappa shape index (κ3) is 4.23. The van der Waals surface area contributed by atoms with E-state index in [4.69, 9.17) is 0 Å². The van der Waals surface area contributed by atoms with Gasteiger partial charge in [0.25, 0.3) is 0 Å². The Labute approximate surface area is 164 Å². The van der Waals surface area contributed by atoms with Crippen LogP contribution in [0.2, 0.25) is 0 Å². The van der Waals surface area contributed by atoms with Crippen molar-refractivity contribution in [2.24, 2.45) is 11.3 Å². The summed E-state index contributed by atoms with van der Waals surface area (Å²) in [6, 6.07) is 11.6. The maximum Gasteiger partial charge on any atom is 0.220 e. The van der Waals surface area contributed by atoms with Gasteiger partial charge in [0.05, 0.1) is 0 Å². The van der Waals surface area contributed by atoms with E-state index in [-0.39, 0.29) is 5.91 Å². The fourth-order valence-electron chi connectivity index (χ4n) is 6.57. The zero-order valence-electron chi connectivity index (χ0n) is 17.2. The van der Waals surface area contributed by atoms with Gasteiger partial charge in [-0.2, -0.15) is 0 Å². The molecular formula is C24H36N2O. The molecule has 2 saturated carbocycles. The van der Waals surface area contributed by atoms with Crippen LogP contribution in [-0.2, 0) is 10.2 Å². The normalized spacial score (nSPS) is 36.5. The van der Waals surface area contributed by atoms with Crippen molar-refractivity contribution in [3.05, 3.63) is 35.9 Å². The van der Waals surface area contributed by atoms with Crippen molar-refractivity contribution in [1.82, 2.24) is 10.2 Å². The maximum absolute atomic E-state index is 12.5. The van der Waals surface area contributed by atoms with Crippen LogP contribution in [0.3, 0.4) is 0 Å². The molecule has 148 valence electrons. The number of benzene rings is 1. The molecule has 3 heteroatoms. The number of hydrogen-bond acceptors (Lipinski definition) is 2. The highest BCUT2D eigenvalue weighted by molar-refractivity contribution is 5.76. The highest BCUT2D eigenvalue weighted by Crippen LogP contribution is 2.58. The molecule has 1 aromatic carbocycles. The predicted octanol–water partition coefficient (Wildman–Crippen LogP) is 4.52. The quantitative estimate of drug-likeness (QED) is 0.829. The summed E-state index contributed by atoms with van der Waals surface area (Å²) in [5.41, 5.74) is 2.35. The minimum Gasteiger partial charge on any atom is -0.352 e. The summed E-state index contributed by atoms with van der Waals surface area (Å²) in [5.74, 6) is 0.950. The Morgan fingerprint density at radius 3 is 2.78 bits per heavy atom. The number of likely N-dealkylation sites (tertiary alicyclic amines) is 1. The Morgan fingerprint density at radius 2 is 2.04 bits per heavy atom. The highest BCUT2D eigenvalue weighted by atomic mass is 16.1. The zero-order valence-corrected chi connectivity index (χ0v) is 17.2. The highest BCUT2D eigenvalue weighted by Gasteiger charge is 2.49. The van der Waals surface area contributed by atoms with Crippen molar-refractivity contribution in [1.29, 1.82) is 0 Å². The number of nitrogens with zero attached hydrogens (tertiary/aromatic N) is 1. The number of carbonyl (C=O) groups is 1. The largest absolute Gasteiger partial charge is 0.352 e. The number of fused-ring (bicyclic) bond motifs is 2.